The summed E-state index contributed by atoms with van der Waals surface area (Å²) in [7, 11) is 0. The SMILES string of the molecule is CCNCc1cccc(NC(=O)Cc2ccccc2Cl)c1. The lowest BCUT2D eigenvalue weighted by Gasteiger charge is -2.08. The van der Waals surface area contributed by atoms with Gasteiger partial charge in [0.2, 0.25) is 5.91 Å². The Morgan fingerprint density at radius 3 is 2.71 bits per heavy atom. The first-order chi connectivity index (χ1) is 10.2. The summed E-state index contributed by atoms with van der Waals surface area (Å²) in [4.78, 5) is 12.1. The van der Waals surface area contributed by atoms with Crippen molar-refractivity contribution in [2.24, 2.45) is 0 Å². The van der Waals surface area contributed by atoms with Crippen LogP contribution in [0.15, 0.2) is 48.5 Å². The summed E-state index contributed by atoms with van der Waals surface area (Å²) in [5.74, 6) is -0.0660. The Hall–Kier alpha value is -1.84. The zero-order chi connectivity index (χ0) is 15.1. The van der Waals surface area contributed by atoms with Gasteiger partial charge in [-0.25, -0.2) is 0 Å². The van der Waals surface area contributed by atoms with E-state index in [1.807, 2.05) is 42.5 Å². The third-order valence-electron chi connectivity index (χ3n) is 3.10. The summed E-state index contributed by atoms with van der Waals surface area (Å²) in [5.41, 5.74) is 2.79. The molecule has 2 N–H and O–H groups in total. The summed E-state index contributed by atoms with van der Waals surface area (Å²) >= 11 is 6.07. The smallest absolute Gasteiger partial charge is 0.228 e. The Balaban J connectivity index is 1.98. The number of carbonyl (C=O) groups excluding carboxylic acids is 1. The highest BCUT2D eigenvalue weighted by Gasteiger charge is 2.07. The van der Waals surface area contributed by atoms with Crippen molar-refractivity contribution in [3.05, 3.63) is 64.7 Å². The molecule has 1 amide bonds. The van der Waals surface area contributed by atoms with Crippen molar-refractivity contribution < 1.29 is 4.79 Å². The maximum atomic E-state index is 12.1. The molecule has 0 saturated heterocycles. The molecule has 0 bridgehead atoms. The normalized spacial score (nSPS) is 10.4. The fourth-order valence-electron chi connectivity index (χ4n) is 2.05. The van der Waals surface area contributed by atoms with Crippen molar-refractivity contribution in [3.63, 3.8) is 0 Å². The molecular weight excluding hydrogens is 284 g/mol. The largest absolute Gasteiger partial charge is 0.326 e. The minimum atomic E-state index is -0.0660. The van der Waals surface area contributed by atoms with Crippen molar-refractivity contribution in [1.82, 2.24) is 5.32 Å². The van der Waals surface area contributed by atoms with E-state index in [1.54, 1.807) is 6.07 Å². The van der Waals surface area contributed by atoms with Crippen LogP contribution >= 0.6 is 11.6 Å². The van der Waals surface area contributed by atoms with Crippen LogP contribution in [0.2, 0.25) is 5.02 Å². The third kappa shape index (κ3) is 4.88. The molecule has 0 fully saturated rings. The van der Waals surface area contributed by atoms with E-state index in [9.17, 15) is 4.79 Å². The van der Waals surface area contributed by atoms with Crippen LogP contribution in [-0.2, 0) is 17.8 Å². The van der Waals surface area contributed by atoms with Crippen LogP contribution in [0.3, 0.4) is 0 Å². The van der Waals surface area contributed by atoms with Gasteiger partial charge in [-0.2, -0.15) is 0 Å². The molecule has 0 aliphatic carbocycles. The Morgan fingerprint density at radius 2 is 1.95 bits per heavy atom. The number of halogens is 1. The van der Waals surface area contributed by atoms with E-state index in [-0.39, 0.29) is 12.3 Å². The third-order valence-corrected chi connectivity index (χ3v) is 3.47. The Bertz CT molecular complexity index is 613. The summed E-state index contributed by atoms with van der Waals surface area (Å²) in [6.45, 7) is 3.78. The summed E-state index contributed by atoms with van der Waals surface area (Å²) in [5, 5.41) is 6.79. The average molecular weight is 303 g/mol. The number of carbonyl (C=O) groups is 1. The molecule has 0 saturated carbocycles. The molecule has 110 valence electrons. The van der Waals surface area contributed by atoms with Gasteiger partial charge in [-0.15, -0.1) is 0 Å². The fourth-order valence-corrected chi connectivity index (χ4v) is 2.25. The first-order valence-corrected chi connectivity index (χ1v) is 7.39. The molecule has 2 rings (SSSR count). The molecule has 21 heavy (non-hydrogen) atoms. The molecule has 0 aliphatic heterocycles. The Kier molecular flexibility index (Phi) is 5.78. The van der Waals surface area contributed by atoms with Gasteiger partial charge < -0.3 is 10.6 Å². The van der Waals surface area contributed by atoms with E-state index >= 15 is 0 Å². The molecule has 0 heterocycles. The first kappa shape index (κ1) is 15.5. The number of benzene rings is 2. The van der Waals surface area contributed by atoms with Gasteiger partial charge in [-0.1, -0.05) is 48.9 Å². The van der Waals surface area contributed by atoms with Crippen LogP contribution in [-0.4, -0.2) is 12.5 Å². The molecule has 2 aromatic rings. The molecule has 0 atom stereocenters. The zero-order valence-corrected chi connectivity index (χ0v) is 12.8. The monoisotopic (exact) mass is 302 g/mol. The van der Waals surface area contributed by atoms with Crippen molar-refractivity contribution in [2.45, 2.75) is 19.9 Å². The molecule has 0 aliphatic rings. The molecule has 0 spiro atoms. The lowest BCUT2D eigenvalue weighted by molar-refractivity contribution is -0.115. The van der Waals surface area contributed by atoms with Gasteiger partial charge in [0.25, 0.3) is 0 Å². The quantitative estimate of drug-likeness (QED) is 0.855. The predicted molar refractivity (Wildman–Crippen MR) is 87.6 cm³/mol. The van der Waals surface area contributed by atoms with E-state index in [2.05, 4.69) is 17.6 Å². The predicted octanol–water partition coefficient (Wildman–Crippen LogP) is 3.63. The molecule has 4 heteroatoms. The van der Waals surface area contributed by atoms with Crippen LogP contribution in [0.4, 0.5) is 5.69 Å². The van der Waals surface area contributed by atoms with E-state index < -0.39 is 0 Å². The number of rotatable bonds is 6. The topological polar surface area (TPSA) is 41.1 Å². The van der Waals surface area contributed by atoms with Crippen molar-refractivity contribution >= 4 is 23.2 Å². The molecule has 0 aromatic heterocycles. The number of amides is 1. The van der Waals surface area contributed by atoms with E-state index in [0.717, 1.165) is 29.9 Å². The number of anilines is 1. The van der Waals surface area contributed by atoms with Gasteiger partial charge in [0.15, 0.2) is 0 Å². The molecular formula is C17H19ClN2O. The highest BCUT2D eigenvalue weighted by atomic mass is 35.5. The number of hydrogen-bond donors (Lipinski definition) is 2. The lowest BCUT2D eigenvalue weighted by atomic mass is 10.1. The van der Waals surface area contributed by atoms with Crippen molar-refractivity contribution in [2.75, 3.05) is 11.9 Å². The van der Waals surface area contributed by atoms with Crippen LogP contribution in [0.25, 0.3) is 0 Å². The second kappa shape index (κ2) is 7.81. The first-order valence-electron chi connectivity index (χ1n) is 7.02. The van der Waals surface area contributed by atoms with Gasteiger partial charge in [-0.3, -0.25) is 4.79 Å². The van der Waals surface area contributed by atoms with Gasteiger partial charge in [-0.05, 0) is 35.9 Å². The molecule has 0 unspecified atom stereocenters. The average Bonchev–Trinajstić information content (AvgIpc) is 2.48. The molecule has 0 radical (unpaired) electrons. The van der Waals surface area contributed by atoms with Gasteiger partial charge in [0.1, 0.15) is 0 Å². The standard InChI is InChI=1S/C17H19ClN2O/c1-2-19-12-13-6-5-8-15(10-13)20-17(21)11-14-7-3-4-9-16(14)18/h3-10,19H,2,11-12H2,1H3,(H,20,21). The zero-order valence-electron chi connectivity index (χ0n) is 12.0. The van der Waals surface area contributed by atoms with E-state index in [4.69, 9.17) is 11.6 Å². The lowest BCUT2D eigenvalue weighted by Crippen LogP contribution is -2.15. The minimum Gasteiger partial charge on any atom is -0.326 e. The van der Waals surface area contributed by atoms with Crippen LogP contribution < -0.4 is 10.6 Å². The van der Waals surface area contributed by atoms with E-state index in [1.165, 1.54) is 0 Å². The highest BCUT2D eigenvalue weighted by Crippen LogP contribution is 2.16. The van der Waals surface area contributed by atoms with Gasteiger partial charge in [0.05, 0.1) is 6.42 Å². The van der Waals surface area contributed by atoms with Crippen LogP contribution in [0, 0.1) is 0 Å². The minimum absolute atomic E-state index is 0.0660. The summed E-state index contributed by atoms with van der Waals surface area (Å²) in [6, 6.07) is 15.2. The second-order valence-corrected chi connectivity index (χ2v) is 5.20. The molecule has 3 nitrogen and oxygen atoms in total. The fraction of sp³-hybridized carbons (Fsp3) is 0.235. The Morgan fingerprint density at radius 1 is 1.14 bits per heavy atom. The van der Waals surface area contributed by atoms with Crippen molar-refractivity contribution in [3.8, 4) is 0 Å². The van der Waals surface area contributed by atoms with Crippen LogP contribution in [0.1, 0.15) is 18.1 Å². The van der Waals surface area contributed by atoms with Crippen molar-refractivity contribution in [1.29, 1.82) is 0 Å². The van der Waals surface area contributed by atoms with Gasteiger partial charge in [0, 0.05) is 17.3 Å². The maximum Gasteiger partial charge on any atom is 0.228 e. The highest BCUT2D eigenvalue weighted by molar-refractivity contribution is 6.31. The summed E-state index contributed by atoms with van der Waals surface area (Å²) in [6.07, 6.45) is 0.275. The number of hydrogen-bond acceptors (Lipinski definition) is 2. The summed E-state index contributed by atoms with van der Waals surface area (Å²) < 4.78 is 0. The van der Waals surface area contributed by atoms with Gasteiger partial charge >= 0.3 is 0 Å². The van der Waals surface area contributed by atoms with E-state index in [0.29, 0.717) is 5.02 Å². The van der Waals surface area contributed by atoms with Crippen LogP contribution in [0.5, 0.6) is 0 Å². The maximum absolute atomic E-state index is 12.1. The Labute approximate surface area is 130 Å². The second-order valence-electron chi connectivity index (χ2n) is 4.80. The number of nitrogens with one attached hydrogen (secondary N) is 2. The molecule has 2 aromatic carbocycles.